The maximum Gasteiger partial charge on any atom is 0.254 e. The maximum atomic E-state index is 13.9. The van der Waals surface area contributed by atoms with Crippen LogP contribution in [0, 0.1) is 12.8 Å². The Morgan fingerprint density at radius 3 is 2.39 bits per heavy atom. The number of carbonyl (C=O) groups is 1. The molecule has 4 rings (SSSR count). The van der Waals surface area contributed by atoms with Crippen molar-refractivity contribution < 1.29 is 4.79 Å². The Morgan fingerprint density at radius 1 is 1.03 bits per heavy atom. The van der Waals surface area contributed by atoms with Crippen LogP contribution in [-0.4, -0.2) is 36.1 Å². The smallest absolute Gasteiger partial charge is 0.254 e. The van der Waals surface area contributed by atoms with Crippen LogP contribution in [0.5, 0.6) is 0 Å². The number of anilines is 2. The molecule has 3 aromatic rings. The van der Waals surface area contributed by atoms with Crippen molar-refractivity contribution in [3.8, 4) is 0 Å². The first-order valence-corrected chi connectivity index (χ1v) is 13.2. The van der Waals surface area contributed by atoms with Crippen LogP contribution in [0.1, 0.15) is 54.2 Å². The molecule has 3 aromatic carbocycles. The molecule has 1 heterocycles. The molecule has 1 aliphatic rings. The first kappa shape index (κ1) is 25.8. The molecule has 2 atom stereocenters. The summed E-state index contributed by atoms with van der Waals surface area (Å²) in [5.41, 5.74) is 12.7. The second-order valence-electron chi connectivity index (χ2n) is 10.1. The zero-order valence-electron chi connectivity index (χ0n) is 22.1. The Labute approximate surface area is 216 Å². The second kappa shape index (κ2) is 11.6. The molecular formula is C31H40N4O. The highest BCUT2D eigenvalue weighted by molar-refractivity contribution is 5.94. The second-order valence-corrected chi connectivity index (χ2v) is 10.1. The summed E-state index contributed by atoms with van der Waals surface area (Å²) in [6.07, 6.45) is 1.69. The average molecular weight is 485 g/mol. The van der Waals surface area contributed by atoms with E-state index in [1.54, 1.807) is 0 Å². The van der Waals surface area contributed by atoms with Crippen molar-refractivity contribution in [2.24, 2.45) is 11.7 Å². The van der Waals surface area contributed by atoms with Crippen molar-refractivity contribution in [1.82, 2.24) is 4.90 Å². The van der Waals surface area contributed by atoms with E-state index in [0.29, 0.717) is 13.1 Å². The molecule has 3 N–H and O–H groups in total. The molecule has 0 bridgehead atoms. The molecule has 190 valence electrons. The quantitative estimate of drug-likeness (QED) is 0.380. The Morgan fingerprint density at radius 2 is 1.75 bits per heavy atom. The number of fused-ring (bicyclic) bond motifs is 1. The van der Waals surface area contributed by atoms with E-state index in [4.69, 9.17) is 5.73 Å². The molecule has 0 aromatic heterocycles. The molecule has 5 nitrogen and oxygen atoms in total. The van der Waals surface area contributed by atoms with Crippen molar-refractivity contribution in [1.29, 1.82) is 0 Å². The summed E-state index contributed by atoms with van der Waals surface area (Å²) in [5.74, 6) is 0.293. The van der Waals surface area contributed by atoms with Crippen LogP contribution < -0.4 is 16.0 Å². The minimum atomic E-state index is -0.0560. The van der Waals surface area contributed by atoms with Crippen molar-refractivity contribution in [2.45, 2.75) is 59.3 Å². The molecule has 0 saturated carbocycles. The number of nitrogens with one attached hydrogen (secondary N) is 1. The Bertz CT molecular complexity index is 1140. The van der Waals surface area contributed by atoms with Crippen LogP contribution in [0.4, 0.5) is 11.4 Å². The molecule has 0 radical (unpaired) electrons. The van der Waals surface area contributed by atoms with Gasteiger partial charge in [-0.05, 0) is 67.6 Å². The lowest BCUT2D eigenvalue weighted by atomic mass is 9.96. The SMILES string of the molecule is CCc1ccc2c(c1)NC([C@@H](C(C)C)N(CCCN)C(=O)c1ccc(C)cc1)N2Cc1ccccc1. The standard InChI is InChI=1S/C31H40N4O/c1-5-24-14-17-28-27(20-24)33-30(35(28)21-25-10-7-6-8-11-25)29(22(2)3)34(19-9-18-32)31(36)26-15-12-23(4)13-16-26/h6-8,10-17,20,22,29-30,33H,5,9,18-19,21,32H2,1-4H3/t29-,30?/m1/s1. The van der Waals surface area contributed by atoms with Crippen molar-refractivity contribution in [3.05, 3.63) is 95.1 Å². The summed E-state index contributed by atoms with van der Waals surface area (Å²) in [5, 5.41) is 3.83. The van der Waals surface area contributed by atoms with Gasteiger partial charge in [-0.3, -0.25) is 4.79 Å². The van der Waals surface area contributed by atoms with Gasteiger partial charge in [0.2, 0.25) is 0 Å². The van der Waals surface area contributed by atoms with E-state index in [1.165, 1.54) is 16.8 Å². The first-order chi connectivity index (χ1) is 17.4. The van der Waals surface area contributed by atoms with Gasteiger partial charge in [-0.2, -0.15) is 0 Å². The van der Waals surface area contributed by atoms with Crippen molar-refractivity contribution in [3.63, 3.8) is 0 Å². The monoisotopic (exact) mass is 484 g/mol. The fourth-order valence-electron chi connectivity index (χ4n) is 5.19. The van der Waals surface area contributed by atoms with Gasteiger partial charge in [-0.15, -0.1) is 0 Å². The zero-order valence-corrected chi connectivity index (χ0v) is 22.1. The van der Waals surface area contributed by atoms with Crippen LogP contribution in [-0.2, 0) is 13.0 Å². The average Bonchev–Trinajstić information content (AvgIpc) is 3.23. The number of hydrogen-bond acceptors (Lipinski definition) is 4. The van der Waals surface area contributed by atoms with Crippen LogP contribution >= 0.6 is 0 Å². The summed E-state index contributed by atoms with van der Waals surface area (Å²) in [7, 11) is 0. The molecule has 0 saturated heterocycles. The molecule has 0 aliphatic carbocycles. The fraction of sp³-hybridized carbons (Fsp3) is 0.387. The molecule has 0 spiro atoms. The molecule has 1 unspecified atom stereocenters. The summed E-state index contributed by atoms with van der Waals surface area (Å²) >= 11 is 0. The Kier molecular flexibility index (Phi) is 8.32. The van der Waals surface area contributed by atoms with Gasteiger partial charge in [-0.1, -0.05) is 74.9 Å². The molecule has 5 heteroatoms. The van der Waals surface area contributed by atoms with Crippen LogP contribution in [0.2, 0.25) is 0 Å². The highest BCUT2D eigenvalue weighted by Gasteiger charge is 2.41. The highest BCUT2D eigenvalue weighted by atomic mass is 16.2. The van der Waals surface area contributed by atoms with Crippen molar-refractivity contribution >= 4 is 17.3 Å². The van der Waals surface area contributed by atoms with Gasteiger partial charge in [-0.25, -0.2) is 0 Å². The molecule has 1 amide bonds. The molecular weight excluding hydrogens is 444 g/mol. The predicted octanol–water partition coefficient (Wildman–Crippen LogP) is 5.83. The third-order valence-corrected chi connectivity index (χ3v) is 7.14. The number of rotatable bonds is 10. The number of aryl methyl sites for hydroxylation is 2. The third kappa shape index (κ3) is 5.57. The van der Waals surface area contributed by atoms with E-state index in [0.717, 1.165) is 36.2 Å². The van der Waals surface area contributed by atoms with E-state index < -0.39 is 0 Å². The molecule has 36 heavy (non-hydrogen) atoms. The zero-order chi connectivity index (χ0) is 25.7. The molecule has 0 fully saturated rings. The first-order valence-electron chi connectivity index (χ1n) is 13.2. The van der Waals surface area contributed by atoms with Gasteiger partial charge in [0.25, 0.3) is 5.91 Å². The van der Waals surface area contributed by atoms with Crippen LogP contribution in [0.25, 0.3) is 0 Å². The minimum Gasteiger partial charge on any atom is -0.362 e. The van der Waals surface area contributed by atoms with Gasteiger partial charge in [0.15, 0.2) is 0 Å². The predicted molar refractivity (Wildman–Crippen MR) is 150 cm³/mol. The number of carbonyl (C=O) groups excluding carboxylic acids is 1. The lowest BCUT2D eigenvalue weighted by Gasteiger charge is -2.42. The van der Waals surface area contributed by atoms with Gasteiger partial charge < -0.3 is 20.9 Å². The van der Waals surface area contributed by atoms with E-state index in [9.17, 15) is 4.79 Å². The Balaban J connectivity index is 1.75. The van der Waals surface area contributed by atoms with Gasteiger partial charge in [0, 0.05) is 18.7 Å². The number of benzene rings is 3. The van der Waals surface area contributed by atoms with E-state index in [-0.39, 0.29) is 24.0 Å². The highest BCUT2D eigenvalue weighted by Crippen LogP contribution is 2.40. The minimum absolute atomic E-state index is 0.0495. The maximum absolute atomic E-state index is 13.9. The van der Waals surface area contributed by atoms with E-state index in [1.807, 2.05) is 31.2 Å². The van der Waals surface area contributed by atoms with Gasteiger partial charge >= 0.3 is 0 Å². The van der Waals surface area contributed by atoms with Crippen LogP contribution in [0.15, 0.2) is 72.8 Å². The lowest BCUT2D eigenvalue weighted by Crippen LogP contribution is -2.57. The Hall–Kier alpha value is -3.31. The summed E-state index contributed by atoms with van der Waals surface area (Å²) in [6, 6.07) is 25.1. The lowest BCUT2D eigenvalue weighted by molar-refractivity contribution is 0.0594. The fourth-order valence-corrected chi connectivity index (χ4v) is 5.19. The van der Waals surface area contributed by atoms with Crippen LogP contribution in [0.3, 0.4) is 0 Å². The van der Waals surface area contributed by atoms with Gasteiger partial charge in [0.05, 0.1) is 17.4 Å². The van der Waals surface area contributed by atoms with Crippen molar-refractivity contribution in [2.75, 3.05) is 23.3 Å². The molecule has 1 aliphatic heterocycles. The van der Waals surface area contributed by atoms with Gasteiger partial charge in [0.1, 0.15) is 6.17 Å². The number of hydrogen-bond donors (Lipinski definition) is 2. The number of nitrogens with zero attached hydrogens (tertiary/aromatic N) is 2. The summed E-state index contributed by atoms with van der Waals surface area (Å²) in [6.45, 7) is 10.6. The topological polar surface area (TPSA) is 61.6 Å². The summed E-state index contributed by atoms with van der Waals surface area (Å²) < 4.78 is 0. The third-order valence-electron chi connectivity index (χ3n) is 7.14. The summed E-state index contributed by atoms with van der Waals surface area (Å²) in [4.78, 5) is 18.4. The van der Waals surface area contributed by atoms with E-state index in [2.05, 4.69) is 84.4 Å². The normalized spacial score (nSPS) is 15.5. The number of nitrogens with two attached hydrogens (primary N) is 1. The largest absolute Gasteiger partial charge is 0.362 e. The van der Waals surface area contributed by atoms with E-state index >= 15 is 0 Å². The number of amides is 1.